The summed E-state index contributed by atoms with van der Waals surface area (Å²) in [6, 6.07) is 5.61. The Labute approximate surface area is 125 Å². The van der Waals surface area contributed by atoms with Crippen molar-refractivity contribution in [3.05, 3.63) is 23.8 Å². The molecule has 3 rings (SSSR count). The van der Waals surface area contributed by atoms with Gasteiger partial charge in [-0.3, -0.25) is 0 Å². The van der Waals surface area contributed by atoms with E-state index in [1.807, 2.05) is 18.2 Å². The van der Waals surface area contributed by atoms with Gasteiger partial charge in [-0.2, -0.15) is 0 Å². The van der Waals surface area contributed by atoms with Gasteiger partial charge in [0.15, 0.2) is 11.5 Å². The molecule has 5 heteroatoms. The minimum Gasteiger partial charge on any atom is -0.486 e. The molecule has 1 saturated heterocycles. The molecule has 21 heavy (non-hydrogen) atoms. The van der Waals surface area contributed by atoms with E-state index in [0.717, 1.165) is 30.8 Å². The third kappa shape index (κ3) is 3.48. The van der Waals surface area contributed by atoms with Crippen LogP contribution in [0.2, 0.25) is 0 Å². The lowest BCUT2D eigenvalue weighted by Gasteiger charge is -2.35. The first kappa shape index (κ1) is 14.6. The standard InChI is InChI=1S/C16H23NO4/c1-16(5-2-6-19-11-16)17-10-13(18)12-3-4-14-15(9-12)21-8-7-20-14/h3-4,9,13,17-18H,2,5-8,10-11H2,1H3. The van der Waals surface area contributed by atoms with Crippen LogP contribution in [-0.2, 0) is 4.74 Å². The van der Waals surface area contributed by atoms with Gasteiger partial charge in [-0.05, 0) is 37.5 Å². The summed E-state index contributed by atoms with van der Waals surface area (Å²) >= 11 is 0. The second-order valence-corrected chi connectivity index (χ2v) is 6.02. The monoisotopic (exact) mass is 293 g/mol. The van der Waals surface area contributed by atoms with Crippen LogP contribution in [0.3, 0.4) is 0 Å². The van der Waals surface area contributed by atoms with Gasteiger partial charge in [0.05, 0.1) is 12.7 Å². The second kappa shape index (κ2) is 6.22. The van der Waals surface area contributed by atoms with Gasteiger partial charge in [-0.15, -0.1) is 0 Å². The molecular weight excluding hydrogens is 270 g/mol. The molecular formula is C16H23NO4. The Morgan fingerprint density at radius 1 is 1.24 bits per heavy atom. The molecule has 0 aliphatic carbocycles. The molecule has 5 nitrogen and oxygen atoms in total. The Kier molecular flexibility index (Phi) is 4.33. The molecule has 0 amide bonds. The first-order valence-corrected chi connectivity index (χ1v) is 7.57. The maximum atomic E-state index is 10.4. The molecule has 1 aromatic carbocycles. The van der Waals surface area contributed by atoms with Crippen molar-refractivity contribution in [1.82, 2.24) is 5.32 Å². The van der Waals surface area contributed by atoms with Gasteiger partial charge in [0.1, 0.15) is 13.2 Å². The van der Waals surface area contributed by atoms with E-state index in [4.69, 9.17) is 14.2 Å². The zero-order chi connectivity index (χ0) is 14.7. The van der Waals surface area contributed by atoms with Crippen LogP contribution in [0.5, 0.6) is 11.5 Å². The quantitative estimate of drug-likeness (QED) is 0.884. The van der Waals surface area contributed by atoms with E-state index in [1.54, 1.807) is 0 Å². The normalized spacial score (nSPS) is 26.4. The summed E-state index contributed by atoms with van der Waals surface area (Å²) in [5, 5.41) is 13.8. The molecule has 0 aromatic heterocycles. The molecule has 1 fully saturated rings. The highest BCUT2D eigenvalue weighted by molar-refractivity contribution is 5.44. The number of rotatable bonds is 4. The summed E-state index contributed by atoms with van der Waals surface area (Å²) in [4.78, 5) is 0. The fraction of sp³-hybridized carbons (Fsp3) is 0.625. The Bertz CT molecular complexity index is 485. The third-order valence-electron chi connectivity index (χ3n) is 4.11. The zero-order valence-electron chi connectivity index (χ0n) is 12.4. The zero-order valence-corrected chi connectivity index (χ0v) is 12.4. The van der Waals surface area contributed by atoms with E-state index in [1.165, 1.54) is 0 Å². The van der Waals surface area contributed by atoms with E-state index in [9.17, 15) is 5.11 Å². The Morgan fingerprint density at radius 2 is 2.05 bits per heavy atom. The maximum absolute atomic E-state index is 10.4. The van der Waals surface area contributed by atoms with Crippen LogP contribution < -0.4 is 14.8 Å². The number of benzene rings is 1. The highest BCUT2D eigenvalue weighted by atomic mass is 16.6. The minimum absolute atomic E-state index is 0.0486. The number of fused-ring (bicyclic) bond motifs is 1. The largest absolute Gasteiger partial charge is 0.486 e. The number of nitrogens with one attached hydrogen (secondary N) is 1. The van der Waals surface area contributed by atoms with Crippen molar-refractivity contribution in [2.75, 3.05) is 33.0 Å². The average molecular weight is 293 g/mol. The summed E-state index contributed by atoms with van der Waals surface area (Å²) < 4.78 is 16.6. The van der Waals surface area contributed by atoms with Crippen molar-refractivity contribution in [3.8, 4) is 11.5 Å². The summed E-state index contributed by atoms with van der Waals surface area (Å²) in [5.74, 6) is 1.46. The highest BCUT2D eigenvalue weighted by Gasteiger charge is 2.28. The van der Waals surface area contributed by atoms with E-state index >= 15 is 0 Å². The Morgan fingerprint density at radius 3 is 2.81 bits per heavy atom. The summed E-state index contributed by atoms with van der Waals surface area (Å²) in [7, 11) is 0. The van der Waals surface area contributed by atoms with E-state index < -0.39 is 6.10 Å². The molecule has 0 bridgehead atoms. The average Bonchev–Trinajstić information content (AvgIpc) is 2.53. The van der Waals surface area contributed by atoms with Crippen molar-refractivity contribution in [2.45, 2.75) is 31.4 Å². The van der Waals surface area contributed by atoms with Gasteiger partial charge >= 0.3 is 0 Å². The third-order valence-corrected chi connectivity index (χ3v) is 4.11. The number of aliphatic hydroxyl groups is 1. The Hall–Kier alpha value is -1.30. The van der Waals surface area contributed by atoms with E-state index in [-0.39, 0.29) is 5.54 Å². The van der Waals surface area contributed by atoms with Crippen LogP contribution in [-0.4, -0.2) is 43.6 Å². The first-order valence-electron chi connectivity index (χ1n) is 7.57. The SMILES string of the molecule is CC1(NCC(O)c2ccc3c(c2)OCCO3)CCCOC1. The topological polar surface area (TPSA) is 60.0 Å². The van der Waals surface area contributed by atoms with Gasteiger partial charge in [0, 0.05) is 18.7 Å². The van der Waals surface area contributed by atoms with Crippen LogP contribution in [0.15, 0.2) is 18.2 Å². The number of hydrogen-bond acceptors (Lipinski definition) is 5. The summed E-state index contributed by atoms with van der Waals surface area (Å²) in [6.07, 6.45) is 1.56. The van der Waals surface area contributed by atoms with Gasteiger partial charge in [0.25, 0.3) is 0 Å². The van der Waals surface area contributed by atoms with Crippen molar-refractivity contribution in [2.24, 2.45) is 0 Å². The van der Waals surface area contributed by atoms with Crippen molar-refractivity contribution in [1.29, 1.82) is 0 Å². The Balaban J connectivity index is 1.61. The van der Waals surface area contributed by atoms with Crippen LogP contribution in [0, 0.1) is 0 Å². The second-order valence-electron chi connectivity index (χ2n) is 6.02. The molecule has 2 aliphatic heterocycles. The fourth-order valence-electron chi connectivity index (χ4n) is 2.80. The smallest absolute Gasteiger partial charge is 0.161 e. The molecule has 2 atom stereocenters. The van der Waals surface area contributed by atoms with Crippen LogP contribution >= 0.6 is 0 Å². The molecule has 0 radical (unpaired) electrons. The van der Waals surface area contributed by atoms with Crippen LogP contribution in [0.4, 0.5) is 0 Å². The van der Waals surface area contributed by atoms with Crippen molar-refractivity contribution in [3.63, 3.8) is 0 Å². The van der Waals surface area contributed by atoms with Crippen molar-refractivity contribution < 1.29 is 19.3 Å². The maximum Gasteiger partial charge on any atom is 0.161 e. The predicted octanol–water partition coefficient (Wildman–Crippen LogP) is 1.65. The van der Waals surface area contributed by atoms with Gasteiger partial charge in [0.2, 0.25) is 0 Å². The number of ether oxygens (including phenoxy) is 3. The van der Waals surface area contributed by atoms with E-state index in [2.05, 4.69) is 12.2 Å². The highest BCUT2D eigenvalue weighted by Crippen LogP contribution is 2.32. The van der Waals surface area contributed by atoms with Crippen LogP contribution in [0.1, 0.15) is 31.4 Å². The molecule has 2 heterocycles. The summed E-state index contributed by atoms with van der Waals surface area (Å²) in [5.41, 5.74) is 0.791. The molecule has 0 spiro atoms. The summed E-state index contributed by atoms with van der Waals surface area (Å²) in [6.45, 7) is 5.31. The van der Waals surface area contributed by atoms with Gasteiger partial charge in [-0.1, -0.05) is 6.07 Å². The molecule has 2 unspecified atom stereocenters. The molecule has 1 aromatic rings. The lowest BCUT2D eigenvalue weighted by molar-refractivity contribution is 0.0221. The van der Waals surface area contributed by atoms with Crippen LogP contribution in [0.25, 0.3) is 0 Å². The lowest BCUT2D eigenvalue weighted by atomic mass is 9.94. The number of aliphatic hydroxyl groups excluding tert-OH is 1. The molecule has 116 valence electrons. The molecule has 2 aliphatic rings. The molecule has 0 saturated carbocycles. The van der Waals surface area contributed by atoms with Gasteiger partial charge in [-0.25, -0.2) is 0 Å². The minimum atomic E-state index is -0.570. The van der Waals surface area contributed by atoms with Gasteiger partial charge < -0.3 is 24.6 Å². The van der Waals surface area contributed by atoms with Crippen molar-refractivity contribution >= 4 is 0 Å². The first-order chi connectivity index (χ1) is 10.2. The number of β-amino-alcohol motifs (C(OH)–C–C–N with tert-alkyl or cyclic N) is 1. The fourth-order valence-corrected chi connectivity index (χ4v) is 2.80. The lowest BCUT2D eigenvalue weighted by Crippen LogP contribution is -2.50. The molecule has 2 N–H and O–H groups in total. The van der Waals surface area contributed by atoms with E-state index in [0.29, 0.717) is 32.1 Å². The predicted molar refractivity (Wildman–Crippen MR) is 78.9 cm³/mol. The number of hydrogen-bond donors (Lipinski definition) is 2.